The van der Waals surface area contributed by atoms with E-state index in [0.717, 1.165) is 37.4 Å². The van der Waals surface area contributed by atoms with Crippen molar-refractivity contribution in [3.63, 3.8) is 0 Å². The predicted molar refractivity (Wildman–Crippen MR) is 124 cm³/mol. The fraction of sp³-hybridized carbons (Fsp3) is 0.560. The minimum atomic E-state index is -0.924. The molecule has 0 unspecified atom stereocenters. The van der Waals surface area contributed by atoms with Gasteiger partial charge in [-0.05, 0) is 68.7 Å². The Morgan fingerprint density at radius 1 is 1.24 bits per heavy atom. The van der Waals surface area contributed by atoms with E-state index in [-0.39, 0.29) is 36.1 Å². The zero-order chi connectivity index (χ0) is 21.7. The van der Waals surface area contributed by atoms with Gasteiger partial charge in [0.15, 0.2) is 11.5 Å². The molecule has 1 aromatic carbocycles. The van der Waals surface area contributed by atoms with Gasteiger partial charge in [-0.15, -0.1) is 12.4 Å². The Kier molecular flexibility index (Phi) is 4.61. The topological polar surface area (TPSA) is 97.8 Å². The van der Waals surface area contributed by atoms with Crippen LogP contribution >= 0.6 is 12.4 Å². The highest BCUT2D eigenvalue weighted by molar-refractivity contribution is 5.94. The number of halogens is 1. The Bertz CT molecular complexity index is 1100. The second-order valence-corrected chi connectivity index (χ2v) is 10.5. The highest BCUT2D eigenvalue weighted by atomic mass is 35.5. The summed E-state index contributed by atoms with van der Waals surface area (Å²) in [5.74, 6) is 1.27. The molecule has 7 nitrogen and oxygen atoms in total. The number of H-pyrrole nitrogens is 1. The first-order valence-electron chi connectivity index (χ1n) is 11.9. The smallest absolute Gasteiger partial charge is 0.253 e. The number of carbonyl (C=O) groups is 1. The maximum Gasteiger partial charge on any atom is 0.253 e. The van der Waals surface area contributed by atoms with Gasteiger partial charge < -0.3 is 25.3 Å². The zero-order valence-electron chi connectivity index (χ0n) is 18.4. The minimum Gasteiger partial charge on any atom is -0.504 e. The van der Waals surface area contributed by atoms with Crippen LogP contribution in [0.15, 0.2) is 30.6 Å². The zero-order valence-corrected chi connectivity index (χ0v) is 19.2. The lowest BCUT2D eigenvalue weighted by atomic mass is 9.48. The Balaban J connectivity index is 0.00000206. The molecule has 3 heterocycles. The summed E-state index contributed by atoms with van der Waals surface area (Å²) in [6.07, 6.45) is 8.44. The lowest BCUT2D eigenvalue weighted by Gasteiger charge is -2.64. The van der Waals surface area contributed by atoms with Crippen LogP contribution in [0.3, 0.4) is 0 Å². The van der Waals surface area contributed by atoms with Gasteiger partial charge in [0.2, 0.25) is 0 Å². The molecule has 1 saturated heterocycles. The number of aromatic nitrogens is 1. The van der Waals surface area contributed by atoms with Crippen molar-refractivity contribution in [2.24, 2.45) is 5.92 Å². The number of likely N-dealkylation sites (tertiary alicyclic amines) is 1. The van der Waals surface area contributed by atoms with E-state index in [2.05, 4.69) is 15.2 Å². The van der Waals surface area contributed by atoms with Gasteiger partial charge in [0, 0.05) is 30.5 Å². The monoisotopic (exact) mass is 471 g/mol. The highest BCUT2D eigenvalue weighted by Gasteiger charge is 2.73. The number of hydrogen-bond acceptors (Lipinski definition) is 5. The van der Waals surface area contributed by atoms with Crippen molar-refractivity contribution in [1.29, 1.82) is 0 Å². The number of carbonyl (C=O) groups excluding carboxylic acids is 1. The average molecular weight is 472 g/mol. The van der Waals surface area contributed by atoms with Gasteiger partial charge in [-0.25, -0.2) is 0 Å². The quantitative estimate of drug-likeness (QED) is 0.549. The number of benzene rings is 1. The van der Waals surface area contributed by atoms with Crippen LogP contribution in [0.5, 0.6) is 11.5 Å². The molecule has 8 heteroatoms. The summed E-state index contributed by atoms with van der Waals surface area (Å²) in [4.78, 5) is 18.3. The van der Waals surface area contributed by atoms with E-state index in [4.69, 9.17) is 4.74 Å². The van der Waals surface area contributed by atoms with Gasteiger partial charge >= 0.3 is 0 Å². The predicted octanol–water partition coefficient (Wildman–Crippen LogP) is 2.50. The first kappa shape index (κ1) is 21.3. The molecule has 176 valence electrons. The van der Waals surface area contributed by atoms with E-state index in [1.807, 2.05) is 6.07 Å². The molecule has 2 aliphatic heterocycles. The van der Waals surface area contributed by atoms with E-state index in [1.54, 1.807) is 24.5 Å². The number of rotatable bonds is 4. The van der Waals surface area contributed by atoms with Crippen LogP contribution in [0, 0.1) is 5.92 Å². The second-order valence-electron chi connectivity index (χ2n) is 10.5. The molecule has 5 aliphatic rings. The largest absolute Gasteiger partial charge is 0.504 e. The van der Waals surface area contributed by atoms with E-state index in [0.29, 0.717) is 24.2 Å². The Morgan fingerprint density at radius 3 is 2.85 bits per heavy atom. The summed E-state index contributed by atoms with van der Waals surface area (Å²) in [5.41, 5.74) is 1.23. The molecule has 7 rings (SSSR count). The molecular weight excluding hydrogens is 442 g/mol. The molecule has 3 aliphatic carbocycles. The van der Waals surface area contributed by atoms with Gasteiger partial charge in [-0.1, -0.05) is 6.07 Å². The number of phenolic OH excluding ortho intramolecular Hbond substituents is 1. The maximum absolute atomic E-state index is 12.9. The molecule has 2 aromatic rings. The normalized spacial score (nSPS) is 35.8. The molecule has 5 atom stereocenters. The number of aromatic amines is 1. The number of hydrogen-bond donors (Lipinski definition) is 4. The summed E-state index contributed by atoms with van der Waals surface area (Å²) in [6, 6.07) is 5.31. The third-order valence-corrected chi connectivity index (χ3v) is 8.94. The Morgan fingerprint density at radius 2 is 2.09 bits per heavy atom. The summed E-state index contributed by atoms with van der Waals surface area (Å²) < 4.78 is 6.48. The maximum atomic E-state index is 12.9. The van der Waals surface area contributed by atoms with Crippen molar-refractivity contribution in [2.45, 2.75) is 67.7 Å². The summed E-state index contributed by atoms with van der Waals surface area (Å²) in [7, 11) is 0. The molecule has 1 spiro atoms. The van der Waals surface area contributed by atoms with Gasteiger partial charge in [0.05, 0.1) is 22.6 Å². The lowest BCUT2D eigenvalue weighted by molar-refractivity contribution is -0.191. The summed E-state index contributed by atoms with van der Waals surface area (Å²) >= 11 is 0. The SMILES string of the molecule is Cl.O=C(N[C@@H]1CC[C@@]2(O)[C@H]3Cc4ccc(O)c5c4[C@@]2(CCN3CC2CC2)[C@H]1O5)c1cc[nH]c1. The average Bonchev–Trinajstić information content (AvgIpc) is 3.27. The van der Waals surface area contributed by atoms with Gasteiger partial charge in [-0.2, -0.15) is 0 Å². The van der Waals surface area contributed by atoms with Crippen LogP contribution in [-0.4, -0.2) is 62.9 Å². The van der Waals surface area contributed by atoms with Crippen LogP contribution in [0.2, 0.25) is 0 Å². The number of nitrogens with one attached hydrogen (secondary N) is 2. The first-order chi connectivity index (χ1) is 15.5. The van der Waals surface area contributed by atoms with Crippen molar-refractivity contribution in [2.75, 3.05) is 13.1 Å². The first-order valence-corrected chi connectivity index (χ1v) is 11.9. The van der Waals surface area contributed by atoms with Gasteiger partial charge in [0.1, 0.15) is 6.10 Å². The molecule has 0 radical (unpaired) electrons. The molecular formula is C25H30ClN3O4. The number of aliphatic hydroxyl groups is 1. The number of nitrogens with zero attached hydrogens (tertiary/aromatic N) is 1. The molecule has 1 aromatic heterocycles. The number of phenols is 1. The summed E-state index contributed by atoms with van der Waals surface area (Å²) in [6.45, 7) is 1.97. The Labute approximate surface area is 198 Å². The van der Waals surface area contributed by atoms with Gasteiger partial charge in [0.25, 0.3) is 5.91 Å². The third-order valence-electron chi connectivity index (χ3n) is 8.94. The molecule has 2 saturated carbocycles. The highest BCUT2D eigenvalue weighted by Crippen LogP contribution is 2.65. The number of piperidine rings is 1. The van der Waals surface area contributed by atoms with E-state index >= 15 is 0 Å². The van der Waals surface area contributed by atoms with Gasteiger partial charge in [-0.3, -0.25) is 9.69 Å². The van der Waals surface area contributed by atoms with Crippen molar-refractivity contribution in [3.8, 4) is 11.5 Å². The molecule has 2 bridgehead atoms. The fourth-order valence-corrected chi connectivity index (χ4v) is 7.35. The van der Waals surface area contributed by atoms with Crippen molar-refractivity contribution >= 4 is 18.3 Å². The van der Waals surface area contributed by atoms with Crippen LogP contribution in [-0.2, 0) is 11.8 Å². The fourth-order valence-electron chi connectivity index (χ4n) is 7.35. The van der Waals surface area contributed by atoms with Crippen LogP contribution in [0.25, 0.3) is 0 Å². The molecule has 4 N–H and O–H groups in total. The van der Waals surface area contributed by atoms with E-state index in [9.17, 15) is 15.0 Å². The number of aromatic hydroxyl groups is 1. The van der Waals surface area contributed by atoms with E-state index < -0.39 is 17.1 Å². The van der Waals surface area contributed by atoms with E-state index in [1.165, 1.54) is 18.4 Å². The van der Waals surface area contributed by atoms with Crippen molar-refractivity contribution in [1.82, 2.24) is 15.2 Å². The number of amides is 1. The minimum absolute atomic E-state index is 0. The van der Waals surface area contributed by atoms with Crippen LogP contribution < -0.4 is 10.1 Å². The standard InChI is InChI=1S/C25H29N3O4.ClH/c29-18-4-3-15-11-19-25(31)7-5-17(27-23(30)16-6-9-26-12-16)22-24(25,20(15)21(18)32-22)8-10-28(19)13-14-1-2-14;/h3-4,6,9,12,14,17,19,22,26,29,31H,1-2,5,7-8,10-11,13H2,(H,27,30);1H/t17-,19-,22+,24+,25-;/m1./s1. The van der Waals surface area contributed by atoms with Crippen LogP contribution in [0.4, 0.5) is 0 Å². The molecule has 3 fully saturated rings. The number of ether oxygens (including phenoxy) is 1. The Hall–Kier alpha value is -2.22. The summed E-state index contributed by atoms with van der Waals surface area (Å²) in [5, 5.41) is 26.3. The second kappa shape index (κ2) is 7.14. The van der Waals surface area contributed by atoms with Crippen LogP contribution in [0.1, 0.15) is 53.6 Å². The molecule has 33 heavy (non-hydrogen) atoms. The lowest BCUT2D eigenvalue weighted by Crippen LogP contribution is -2.78. The third kappa shape index (κ3) is 2.73. The van der Waals surface area contributed by atoms with Crippen molar-refractivity contribution < 1.29 is 19.7 Å². The molecule has 1 amide bonds. The van der Waals surface area contributed by atoms with Crippen molar-refractivity contribution in [3.05, 3.63) is 47.3 Å².